The van der Waals surface area contributed by atoms with E-state index in [1.165, 1.54) is 0 Å². The molecule has 0 aromatic heterocycles. The van der Waals surface area contributed by atoms with E-state index in [9.17, 15) is 9.59 Å². The minimum absolute atomic E-state index is 0.275. The smallest absolute Gasteiger partial charge is 0.196 e. The maximum atomic E-state index is 13.5. The van der Waals surface area contributed by atoms with Crippen molar-refractivity contribution in [3.05, 3.63) is 144 Å². The molecular weight excluding hydrogens is 476 g/mol. The Morgan fingerprint density at radius 2 is 0.895 bits per heavy atom. The molecule has 0 radical (unpaired) electrons. The van der Waals surface area contributed by atoms with Crippen LogP contribution >= 0.6 is 0 Å². The number of carbonyl (C=O) groups excluding carboxylic acids is 2. The average Bonchev–Trinajstić information content (AvgIpc) is 2.93. The van der Waals surface area contributed by atoms with Crippen molar-refractivity contribution in [2.24, 2.45) is 0 Å². The molecule has 0 saturated heterocycles. The molecule has 0 fully saturated rings. The number of benzene rings is 5. The van der Waals surface area contributed by atoms with E-state index in [0.717, 1.165) is 0 Å². The Hall–Kier alpha value is -5.36. The summed E-state index contributed by atoms with van der Waals surface area (Å²) in [6.07, 6.45) is 0. The van der Waals surface area contributed by atoms with Gasteiger partial charge in [0.2, 0.25) is 0 Å². The molecule has 5 aromatic rings. The largest absolute Gasteiger partial charge is 0.457 e. The van der Waals surface area contributed by atoms with Crippen molar-refractivity contribution in [2.75, 3.05) is 11.5 Å². The molecule has 6 nitrogen and oxygen atoms in total. The second-order valence-electron chi connectivity index (χ2n) is 8.58. The topological polar surface area (TPSA) is 105 Å². The van der Waals surface area contributed by atoms with Gasteiger partial charge in [0.1, 0.15) is 23.0 Å². The van der Waals surface area contributed by atoms with Gasteiger partial charge in [-0.2, -0.15) is 0 Å². The van der Waals surface area contributed by atoms with Crippen LogP contribution in [0.2, 0.25) is 0 Å². The van der Waals surface area contributed by atoms with Crippen LogP contribution in [0.3, 0.4) is 0 Å². The van der Waals surface area contributed by atoms with Gasteiger partial charge in [0.15, 0.2) is 11.6 Å². The predicted molar refractivity (Wildman–Crippen MR) is 148 cm³/mol. The molecular formula is C32H24N2O4. The first-order valence-corrected chi connectivity index (χ1v) is 11.9. The number of nitrogen functional groups attached to an aromatic ring is 2. The van der Waals surface area contributed by atoms with Crippen molar-refractivity contribution >= 4 is 22.9 Å². The number of hydrogen-bond acceptors (Lipinski definition) is 6. The summed E-state index contributed by atoms with van der Waals surface area (Å²) in [7, 11) is 0. The molecule has 38 heavy (non-hydrogen) atoms. The Bertz CT molecular complexity index is 1530. The molecule has 6 heteroatoms. The van der Waals surface area contributed by atoms with Crippen molar-refractivity contribution in [2.45, 2.75) is 0 Å². The summed E-state index contributed by atoms with van der Waals surface area (Å²) in [5.41, 5.74) is 14.3. The minimum Gasteiger partial charge on any atom is -0.457 e. The Kier molecular flexibility index (Phi) is 6.87. The number of ether oxygens (including phenoxy) is 2. The molecule has 5 rings (SSSR count). The van der Waals surface area contributed by atoms with E-state index in [-0.39, 0.29) is 11.6 Å². The number of carbonyl (C=O) groups is 2. The van der Waals surface area contributed by atoms with Crippen LogP contribution in [0.15, 0.2) is 121 Å². The van der Waals surface area contributed by atoms with Crippen LogP contribution in [0.25, 0.3) is 0 Å². The Morgan fingerprint density at radius 3 is 1.34 bits per heavy atom. The minimum atomic E-state index is -0.275. The third kappa shape index (κ3) is 5.39. The molecule has 0 spiro atoms. The number of hydrogen-bond donors (Lipinski definition) is 2. The number of para-hydroxylation sites is 2. The molecule has 0 saturated carbocycles. The van der Waals surface area contributed by atoms with Crippen LogP contribution in [0.4, 0.5) is 11.4 Å². The highest BCUT2D eigenvalue weighted by molar-refractivity contribution is 6.14. The van der Waals surface area contributed by atoms with E-state index in [1.807, 2.05) is 0 Å². The monoisotopic (exact) mass is 500 g/mol. The van der Waals surface area contributed by atoms with Gasteiger partial charge in [0, 0.05) is 34.6 Å². The summed E-state index contributed by atoms with van der Waals surface area (Å²) in [4.78, 5) is 27.0. The zero-order valence-electron chi connectivity index (χ0n) is 20.3. The van der Waals surface area contributed by atoms with Crippen molar-refractivity contribution in [3.8, 4) is 23.0 Å². The van der Waals surface area contributed by atoms with Gasteiger partial charge in [0.25, 0.3) is 0 Å². The molecule has 5 aromatic carbocycles. The highest BCUT2D eigenvalue weighted by Gasteiger charge is 2.19. The number of nitrogens with two attached hydrogens (primary N) is 2. The summed E-state index contributed by atoms with van der Waals surface area (Å²) in [6, 6.07) is 34.5. The molecule has 0 heterocycles. The van der Waals surface area contributed by atoms with Gasteiger partial charge in [-0.3, -0.25) is 9.59 Å². The van der Waals surface area contributed by atoms with Crippen LogP contribution in [0.1, 0.15) is 31.8 Å². The Labute approximate surface area is 220 Å². The van der Waals surface area contributed by atoms with Crippen LogP contribution < -0.4 is 20.9 Å². The van der Waals surface area contributed by atoms with E-state index < -0.39 is 0 Å². The number of ketones is 2. The second-order valence-corrected chi connectivity index (χ2v) is 8.58. The Morgan fingerprint density at radius 1 is 0.474 bits per heavy atom. The summed E-state index contributed by atoms with van der Waals surface area (Å²) < 4.78 is 11.9. The van der Waals surface area contributed by atoms with Crippen LogP contribution in [0, 0.1) is 0 Å². The highest BCUT2D eigenvalue weighted by Crippen LogP contribution is 2.30. The predicted octanol–water partition coefficient (Wildman–Crippen LogP) is 6.90. The summed E-state index contributed by atoms with van der Waals surface area (Å²) in [6.45, 7) is 0. The lowest BCUT2D eigenvalue weighted by atomic mass is 9.96. The fraction of sp³-hybridized carbons (Fsp3) is 0. The van der Waals surface area contributed by atoms with Crippen LogP contribution in [-0.4, -0.2) is 11.6 Å². The first kappa shape index (κ1) is 24.3. The maximum absolute atomic E-state index is 13.5. The van der Waals surface area contributed by atoms with Crippen molar-refractivity contribution in [3.63, 3.8) is 0 Å². The number of rotatable bonds is 8. The first-order valence-electron chi connectivity index (χ1n) is 11.9. The molecule has 0 aliphatic carbocycles. The lowest BCUT2D eigenvalue weighted by Crippen LogP contribution is -2.08. The van der Waals surface area contributed by atoms with Crippen molar-refractivity contribution in [1.82, 2.24) is 0 Å². The van der Waals surface area contributed by atoms with Crippen LogP contribution in [-0.2, 0) is 0 Å². The van der Waals surface area contributed by atoms with Gasteiger partial charge in [-0.25, -0.2) is 0 Å². The van der Waals surface area contributed by atoms with E-state index in [4.69, 9.17) is 20.9 Å². The quantitative estimate of drug-likeness (QED) is 0.177. The standard InChI is InChI=1S/C32H24N2O4/c33-23-10-6-12-25(19-23)37-29-16-3-1-14-27(29)31(35)21-8-5-9-22(18-21)32(36)28-15-2-4-17-30(28)38-26-13-7-11-24(34)20-26/h1-20H,33-34H2. The SMILES string of the molecule is Nc1cccc(Oc2ccccc2C(=O)c2cccc(C(=O)c3ccccc3Oc3cccc(N)c3)c2)c1. The highest BCUT2D eigenvalue weighted by atomic mass is 16.5. The van der Waals surface area contributed by atoms with Crippen molar-refractivity contribution < 1.29 is 19.1 Å². The Balaban J connectivity index is 1.43. The van der Waals surface area contributed by atoms with E-state index >= 15 is 0 Å². The lowest BCUT2D eigenvalue weighted by Gasteiger charge is -2.12. The van der Waals surface area contributed by atoms with Gasteiger partial charge in [-0.1, -0.05) is 54.6 Å². The zero-order chi connectivity index (χ0) is 26.5. The molecule has 0 aliphatic rings. The lowest BCUT2D eigenvalue weighted by molar-refractivity contribution is 0.103. The number of anilines is 2. The fourth-order valence-electron chi connectivity index (χ4n) is 4.01. The van der Waals surface area contributed by atoms with Gasteiger partial charge in [-0.05, 0) is 54.6 Å². The molecule has 0 aliphatic heterocycles. The zero-order valence-corrected chi connectivity index (χ0v) is 20.3. The molecule has 4 N–H and O–H groups in total. The summed E-state index contributed by atoms with van der Waals surface area (Å²) in [5, 5.41) is 0. The van der Waals surface area contributed by atoms with Gasteiger partial charge >= 0.3 is 0 Å². The molecule has 0 amide bonds. The molecule has 0 atom stereocenters. The van der Waals surface area contributed by atoms with Crippen molar-refractivity contribution in [1.29, 1.82) is 0 Å². The van der Waals surface area contributed by atoms with E-state index in [2.05, 4.69) is 0 Å². The van der Waals surface area contributed by atoms with Gasteiger partial charge < -0.3 is 20.9 Å². The summed E-state index contributed by atoms with van der Waals surface area (Å²) in [5.74, 6) is 1.27. The van der Waals surface area contributed by atoms with E-state index in [1.54, 1.807) is 121 Å². The third-order valence-corrected chi connectivity index (χ3v) is 5.82. The third-order valence-electron chi connectivity index (χ3n) is 5.82. The molecule has 186 valence electrons. The fourth-order valence-corrected chi connectivity index (χ4v) is 4.01. The van der Waals surface area contributed by atoms with Crippen LogP contribution in [0.5, 0.6) is 23.0 Å². The normalized spacial score (nSPS) is 10.5. The average molecular weight is 501 g/mol. The van der Waals surface area contributed by atoms with Gasteiger partial charge in [0.05, 0.1) is 11.1 Å². The maximum Gasteiger partial charge on any atom is 0.196 e. The van der Waals surface area contributed by atoms with E-state index in [0.29, 0.717) is 56.6 Å². The first-order chi connectivity index (χ1) is 18.5. The van der Waals surface area contributed by atoms with Gasteiger partial charge in [-0.15, -0.1) is 0 Å². The molecule has 0 unspecified atom stereocenters. The molecule has 0 bridgehead atoms. The summed E-state index contributed by atoms with van der Waals surface area (Å²) >= 11 is 0. The second kappa shape index (κ2) is 10.7.